The Kier molecular flexibility index (Phi) is 4.86. The van der Waals surface area contributed by atoms with Crippen LogP contribution in [0, 0.1) is 13.8 Å². The Morgan fingerprint density at radius 1 is 1.17 bits per heavy atom. The molecular formula is C18H16ClNO3. The predicted octanol–water partition coefficient (Wildman–Crippen LogP) is 4.51. The minimum Gasteiger partial charge on any atom is -0.478 e. The van der Waals surface area contributed by atoms with Gasteiger partial charge in [-0.15, -0.1) is 0 Å². The maximum Gasteiger partial charge on any atom is 0.337 e. The Labute approximate surface area is 139 Å². The van der Waals surface area contributed by atoms with Crippen LogP contribution in [0.3, 0.4) is 0 Å². The molecule has 2 aromatic carbocycles. The van der Waals surface area contributed by atoms with Gasteiger partial charge in [-0.05, 0) is 55.3 Å². The van der Waals surface area contributed by atoms with Gasteiger partial charge in [0.2, 0.25) is 0 Å². The lowest BCUT2D eigenvalue weighted by Gasteiger charge is -2.25. The molecule has 0 aromatic heterocycles. The van der Waals surface area contributed by atoms with E-state index in [4.69, 9.17) is 11.6 Å². The van der Waals surface area contributed by atoms with Gasteiger partial charge >= 0.3 is 5.97 Å². The average molecular weight is 330 g/mol. The van der Waals surface area contributed by atoms with E-state index < -0.39 is 11.9 Å². The Hall–Kier alpha value is -2.59. The number of carbonyl (C=O) groups excluding carboxylic acids is 1. The van der Waals surface area contributed by atoms with Crippen LogP contribution in [0.5, 0.6) is 0 Å². The minimum atomic E-state index is -1.16. The molecule has 0 bridgehead atoms. The molecule has 1 N–H and O–H groups in total. The Morgan fingerprint density at radius 2 is 1.87 bits per heavy atom. The molecule has 0 fully saturated rings. The number of rotatable bonds is 4. The van der Waals surface area contributed by atoms with Crippen molar-refractivity contribution in [2.24, 2.45) is 0 Å². The number of carboxylic acid groups (broad SMARTS) is 1. The zero-order valence-corrected chi connectivity index (χ0v) is 13.6. The summed E-state index contributed by atoms with van der Waals surface area (Å²) in [7, 11) is 0. The first-order valence-corrected chi connectivity index (χ1v) is 7.30. The summed E-state index contributed by atoms with van der Waals surface area (Å²) >= 11 is 5.89. The number of amides is 1. The highest BCUT2D eigenvalue weighted by Gasteiger charge is 2.23. The molecule has 0 aliphatic carbocycles. The predicted molar refractivity (Wildman–Crippen MR) is 91.7 cm³/mol. The van der Waals surface area contributed by atoms with Crippen LogP contribution in [0.1, 0.15) is 21.5 Å². The maximum absolute atomic E-state index is 12.4. The molecule has 0 aliphatic heterocycles. The summed E-state index contributed by atoms with van der Waals surface area (Å²) in [6.07, 6.45) is 1.15. The summed E-state index contributed by atoms with van der Waals surface area (Å²) in [6, 6.07) is 9.91. The van der Waals surface area contributed by atoms with E-state index in [0.29, 0.717) is 5.69 Å². The van der Waals surface area contributed by atoms with Crippen molar-refractivity contribution in [3.8, 4) is 0 Å². The highest BCUT2D eigenvalue weighted by molar-refractivity contribution is 6.31. The molecule has 1 amide bonds. The molecule has 2 aromatic rings. The van der Waals surface area contributed by atoms with Crippen molar-refractivity contribution >= 4 is 34.9 Å². The summed E-state index contributed by atoms with van der Waals surface area (Å²) in [5.74, 6) is -1.57. The van der Waals surface area contributed by atoms with E-state index in [9.17, 15) is 14.7 Å². The number of carbonyl (C=O) groups is 2. The van der Waals surface area contributed by atoms with Gasteiger partial charge in [0.15, 0.2) is 0 Å². The van der Waals surface area contributed by atoms with E-state index in [-0.39, 0.29) is 16.3 Å². The largest absolute Gasteiger partial charge is 0.478 e. The van der Waals surface area contributed by atoms with E-state index in [0.717, 1.165) is 17.2 Å². The normalized spacial score (nSPS) is 10.2. The summed E-state index contributed by atoms with van der Waals surface area (Å²) in [6.45, 7) is 7.32. The molecule has 23 heavy (non-hydrogen) atoms. The molecule has 0 aliphatic rings. The lowest BCUT2D eigenvalue weighted by molar-refractivity contribution is -0.113. The quantitative estimate of drug-likeness (QED) is 0.840. The highest BCUT2D eigenvalue weighted by Crippen LogP contribution is 2.34. The number of benzene rings is 2. The van der Waals surface area contributed by atoms with Gasteiger partial charge in [0, 0.05) is 5.02 Å². The van der Waals surface area contributed by atoms with Crippen molar-refractivity contribution in [1.82, 2.24) is 0 Å². The lowest BCUT2D eigenvalue weighted by Crippen LogP contribution is -2.26. The Morgan fingerprint density at radius 3 is 2.48 bits per heavy atom. The molecule has 5 heteroatoms. The van der Waals surface area contributed by atoms with Crippen LogP contribution < -0.4 is 4.90 Å². The molecule has 0 radical (unpaired) electrons. The second kappa shape index (κ2) is 6.67. The van der Waals surface area contributed by atoms with Gasteiger partial charge < -0.3 is 5.11 Å². The number of hydrogen-bond acceptors (Lipinski definition) is 2. The van der Waals surface area contributed by atoms with Gasteiger partial charge in [0.1, 0.15) is 0 Å². The van der Waals surface area contributed by atoms with Crippen molar-refractivity contribution in [3.63, 3.8) is 0 Å². The maximum atomic E-state index is 12.4. The van der Waals surface area contributed by atoms with Crippen LogP contribution in [0.25, 0.3) is 0 Å². The topological polar surface area (TPSA) is 57.6 Å². The Bertz CT molecular complexity index is 799. The van der Waals surface area contributed by atoms with Crippen LogP contribution in [-0.4, -0.2) is 17.0 Å². The molecule has 0 unspecified atom stereocenters. The first-order valence-electron chi connectivity index (χ1n) is 6.92. The van der Waals surface area contributed by atoms with Crippen molar-refractivity contribution in [2.75, 3.05) is 4.90 Å². The second-order valence-corrected chi connectivity index (χ2v) is 5.50. The fraction of sp³-hybridized carbons (Fsp3) is 0.111. The zero-order valence-electron chi connectivity index (χ0n) is 12.8. The van der Waals surface area contributed by atoms with Crippen molar-refractivity contribution in [1.29, 1.82) is 0 Å². The minimum absolute atomic E-state index is 0.0476. The van der Waals surface area contributed by atoms with E-state index in [1.54, 1.807) is 12.1 Å². The summed E-state index contributed by atoms with van der Waals surface area (Å²) in [4.78, 5) is 25.3. The van der Waals surface area contributed by atoms with Crippen LogP contribution in [0.4, 0.5) is 11.4 Å². The third-order valence-electron chi connectivity index (χ3n) is 3.64. The lowest BCUT2D eigenvalue weighted by atomic mass is 10.0. The number of aromatic carboxylic acids is 1. The van der Waals surface area contributed by atoms with Crippen molar-refractivity contribution in [3.05, 3.63) is 70.8 Å². The van der Waals surface area contributed by atoms with Crippen LogP contribution in [0.15, 0.2) is 49.1 Å². The van der Waals surface area contributed by atoms with E-state index in [2.05, 4.69) is 6.58 Å². The summed E-state index contributed by atoms with van der Waals surface area (Å²) < 4.78 is 0. The Balaban J connectivity index is 2.75. The molecule has 2 rings (SSSR count). The number of hydrogen-bond donors (Lipinski definition) is 1. The highest BCUT2D eigenvalue weighted by atomic mass is 35.5. The SMILES string of the molecule is C=CC(=O)N(c1ccc(Cl)cc1C(=O)O)c1cccc(C)c1C. The monoisotopic (exact) mass is 329 g/mol. The molecule has 0 heterocycles. The third-order valence-corrected chi connectivity index (χ3v) is 3.88. The van der Waals surface area contributed by atoms with Gasteiger partial charge in [0.05, 0.1) is 16.9 Å². The molecule has 0 atom stereocenters. The van der Waals surface area contributed by atoms with Gasteiger partial charge in [0.25, 0.3) is 5.91 Å². The fourth-order valence-electron chi connectivity index (χ4n) is 2.31. The van der Waals surface area contributed by atoms with Gasteiger partial charge in [-0.3, -0.25) is 9.69 Å². The average Bonchev–Trinajstić information content (AvgIpc) is 2.52. The second-order valence-electron chi connectivity index (χ2n) is 5.06. The molecule has 118 valence electrons. The zero-order chi connectivity index (χ0) is 17.1. The molecule has 0 saturated carbocycles. The molecule has 4 nitrogen and oxygen atoms in total. The van der Waals surface area contributed by atoms with Crippen molar-refractivity contribution in [2.45, 2.75) is 13.8 Å². The number of nitrogens with zero attached hydrogens (tertiary/aromatic N) is 1. The van der Waals surface area contributed by atoms with E-state index >= 15 is 0 Å². The van der Waals surface area contributed by atoms with Gasteiger partial charge in [-0.1, -0.05) is 30.3 Å². The van der Waals surface area contributed by atoms with Crippen molar-refractivity contribution < 1.29 is 14.7 Å². The summed E-state index contributed by atoms with van der Waals surface area (Å²) in [5, 5.41) is 9.73. The molecular weight excluding hydrogens is 314 g/mol. The number of aryl methyl sites for hydroxylation is 1. The third kappa shape index (κ3) is 3.27. The number of halogens is 1. The number of carboxylic acids is 1. The smallest absolute Gasteiger partial charge is 0.337 e. The first kappa shape index (κ1) is 16.8. The summed E-state index contributed by atoms with van der Waals surface area (Å²) in [5.41, 5.74) is 2.69. The van der Waals surface area contributed by atoms with Gasteiger partial charge in [-0.2, -0.15) is 0 Å². The van der Waals surface area contributed by atoms with Gasteiger partial charge in [-0.25, -0.2) is 4.79 Å². The van der Waals surface area contributed by atoms with Crippen LogP contribution >= 0.6 is 11.6 Å². The standard InChI is InChI=1S/C18H16ClNO3/c1-4-17(21)20(15-7-5-6-11(2)12(15)3)16-9-8-13(19)10-14(16)18(22)23/h4-10H,1H2,2-3H3,(H,22,23). The fourth-order valence-corrected chi connectivity index (χ4v) is 2.48. The molecule has 0 saturated heterocycles. The van der Waals surface area contributed by atoms with Crippen LogP contribution in [-0.2, 0) is 4.79 Å². The first-order chi connectivity index (χ1) is 10.9. The number of anilines is 2. The van der Waals surface area contributed by atoms with E-state index in [1.807, 2.05) is 26.0 Å². The van der Waals surface area contributed by atoms with Crippen LogP contribution in [0.2, 0.25) is 5.02 Å². The van der Waals surface area contributed by atoms with E-state index in [1.165, 1.54) is 17.0 Å². The molecule has 0 spiro atoms.